The molecular formula is C17H23NO3S. The smallest absolute Gasteiger partial charge is 0.340 e. The van der Waals surface area contributed by atoms with Crippen LogP contribution in [0.4, 0.5) is 0 Å². The number of amides is 1. The average molecular weight is 321 g/mol. The summed E-state index contributed by atoms with van der Waals surface area (Å²) in [5.41, 5.74) is 1.81. The zero-order chi connectivity index (χ0) is 15.5. The number of carbonyl (C=O) groups excluding carboxylic acids is 2. The van der Waals surface area contributed by atoms with Crippen molar-refractivity contribution < 1.29 is 14.3 Å². The summed E-state index contributed by atoms with van der Waals surface area (Å²) >= 11 is 1.64. The van der Waals surface area contributed by atoms with E-state index in [1.54, 1.807) is 18.3 Å². The second kappa shape index (κ2) is 6.82. The van der Waals surface area contributed by atoms with Crippen LogP contribution in [0.25, 0.3) is 0 Å². The lowest BCUT2D eigenvalue weighted by Gasteiger charge is -2.18. The van der Waals surface area contributed by atoms with E-state index < -0.39 is 6.10 Å². The quantitative estimate of drug-likeness (QED) is 0.866. The lowest BCUT2D eigenvalue weighted by Crippen LogP contribution is -2.40. The van der Waals surface area contributed by atoms with Crippen LogP contribution < -0.4 is 5.32 Å². The second-order valence-corrected chi connectivity index (χ2v) is 7.26. The number of thiophene rings is 1. The van der Waals surface area contributed by atoms with Gasteiger partial charge in [-0.1, -0.05) is 12.8 Å². The van der Waals surface area contributed by atoms with Crippen molar-refractivity contribution in [3.05, 3.63) is 21.4 Å². The molecule has 0 aliphatic heterocycles. The van der Waals surface area contributed by atoms with Gasteiger partial charge in [-0.05, 0) is 51.0 Å². The van der Waals surface area contributed by atoms with Crippen molar-refractivity contribution in [2.75, 3.05) is 0 Å². The highest BCUT2D eigenvalue weighted by molar-refractivity contribution is 7.10. The third-order valence-corrected chi connectivity index (χ3v) is 5.72. The van der Waals surface area contributed by atoms with Crippen LogP contribution in [0.1, 0.15) is 66.2 Å². The van der Waals surface area contributed by atoms with Crippen molar-refractivity contribution in [1.82, 2.24) is 5.32 Å². The van der Waals surface area contributed by atoms with Gasteiger partial charge in [-0.15, -0.1) is 11.3 Å². The molecule has 0 saturated heterocycles. The van der Waals surface area contributed by atoms with Crippen LogP contribution in [-0.2, 0) is 22.4 Å². The van der Waals surface area contributed by atoms with Gasteiger partial charge in [0.25, 0.3) is 5.91 Å². The zero-order valence-corrected chi connectivity index (χ0v) is 13.8. The standard InChI is InChI=1S/C17H23NO3S/c1-11(16(19)18-12-6-2-3-7-12)21-17(20)14-10-22-15-9-5-4-8-13(14)15/h10-12H,2-9H2,1H3,(H,18,19). The number of nitrogens with one attached hydrogen (secondary N) is 1. The van der Waals surface area contributed by atoms with E-state index in [1.165, 1.54) is 24.1 Å². The third-order valence-electron chi connectivity index (χ3n) is 4.64. The number of fused-ring (bicyclic) bond motifs is 1. The van der Waals surface area contributed by atoms with Gasteiger partial charge in [0.15, 0.2) is 6.10 Å². The van der Waals surface area contributed by atoms with Gasteiger partial charge in [0, 0.05) is 16.3 Å². The van der Waals surface area contributed by atoms with Gasteiger partial charge >= 0.3 is 5.97 Å². The molecular weight excluding hydrogens is 298 g/mol. The number of esters is 1. The van der Waals surface area contributed by atoms with E-state index in [4.69, 9.17) is 4.74 Å². The van der Waals surface area contributed by atoms with Crippen LogP contribution in [0, 0.1) is 0 Å². The molecule has 0 bridgehead atoms. The van der Waals surface area contributed by atoms with E-state index in [0.29, 0.717) is 5.56 Å². The SMILES string of the molecule is CC(OC(=O)c1csc2c1CCCC2)C(=O)NC1CCCC1. The highest BCUT2D eigenvalue weighted by atomic mass is 32.1. The average Bonchev–Trinajstić information content (AvgIpc) is 3.15. The fourth-order valence-electron chi connectivity index (χ4n) is 3.33. The molecule has 0 spiro atoms. The Balaban J connectivity index is 1.58. The van der Waals surface area contributed by atoms with Crippen LogP contribution in [0.3, 0.4) is 0 Å². The number of ether oxygens (including phenoxy) is 1. The van der Waals surface area contributed by atoms with Gasteiger partial charge in [0.05, 0.1) is 5.56 Å². The number of aryl methyl sites for hydroxylation is 1. The molecule has 1 aromatic heterocycles. The summed E-state index contributed by atoms with van der Waals surface area (Å²) in [6, 6.07) is 0.252. The third kappa shape index (κ3) is 3.35. The summed E-state index contributed by atoms with van der Waals surface area (Å²) < 4.78 is 5.39. The highest BCUT2D eigenvalue weighted by Gasteiger charge is 2.26. The summed E-state index contributed by atoms with van der Waals surface area (Å²) in [5, 5.41) is 4.87. The van der Waals surface area contributed by atoms with E-state index >= 15 is 0 Å². The first kappa shape index (κ1) is 15.5. The Morgan fingerprint density at radius 1 is 1.23 bits per heavy atom. The Morgan fingerprint density at radius 3 is 2.73 bits per heavy atom. The Hall–Kier alpha value is -1.36. The summed E-state index contributed by atoms with van der Waals surface area (Å²) in [7, 11) is 0. The van der Waals surface area contributed by atoms with Gasteiger partial charge in [-0.25, -0.2) is 4.79 Å². The summed E-state index contributed by atoms with van der Waals surface area (Å²) in [6.07, 6.45) is 8.00. The van der Waals surface area contributed by atoms with Crippen LogP contribution in [0.2, 0.25) is 0 Å². The Morgan fingerprint density at radius 2 is 1.95 bits per heavy atom. The molecule has 2 aliphatic carbocycles. The predicted octanol–water partition coefficient (Wildman–Crippen LogP) is 3.23. The molecule has 2 aliphatic rings. The first-order valence-electron chi connectivity index (χ1n) is 8.25. The maximum absolute atomic E-state index is 12.3. The number of carbonyl (C=O) groups is 2. The summed E-state index contributed by atoms with van der Waals surface area (Å²) in [5.74, 6) is -0.530. The van der Waals surface area contributed by atoms with Crippen LogP contribution in [0.15, 0.2) is 5.38 Å². The zero-order valence-electron chi connectivity index (χ0n) is 13.0. The Bertz CT molecular complexity index is 560. The van der Waals surface area contributed by atoms with Gasteiger partial charge in [0.1, 0.15) is 0 Å². The van der Waals surface area contributed by atoms with E-state index in [9.17, 15) is 9.59 Å². The van der Waals surface area contributed by atoms with Crippen molar-refractivity contribution >= 4 is 23.2 Å². The number of hydrogen-bond acceptors (Lipinski definition) is 4. The minimum atomic E-state index is -0.729. The molecule has 1 saturated carbocycles. The first-order chi connectivity index (χ1) is 10.6. The van der Waals surface area contributed by atoms with Crippen LogP contribution in [-0.4, -0.2) is 24.0 Å². The molecule has 1 N–H and O–H groups in total. The second-order valence-electron chi connectivity index (χ2n) is 6.30. The molecule has 4 nitrogen and oxygen atoms in total. The molecule has 0 aromatic carbocycles. The van der Waals surface area contributed by atoms with Crippen LogP contribution >= 0.6 is 11.3 Å². The molecule has 1 unspecified atom stereocenters. The molecule has 22 heavy (non-hydrogen) atoms. The lowest BCUT2D eigenvalue weighted by atomic mass is 9.96. The maximum atomic E-state index is 12.3. The van der Waals surface area contributed by atoms with E-state index in [2.05, 4.69) is 5.32 Å². The molecule has 1 atom stereocenters. The fraction of sp³-hybridized carbons (Fsp3) is 0.647. The highest BCUT2D eigenvalue weighted by Crippen LogP contribution is 2.30. The Kier molecular flexibility index (Phi) is 4.81. The van der Waals surface area contributed by atoms with Crippen molar-refractivity contribution in [2.45, 2.75) is 70.4 Å². The summed E-state index contributed by atoms with van der Waals surface area (Å²) in [4.78, 5) is 25.7. The van der Waals surface area contributed by atoms with Gasteiger partial charge in [-0.2, -0.15) is 0 Å². The van der Waals surface area contributed by atoms with Crippen LogP contribution in [0.5, 0.6) is 0 Å². The molecule has 1 heterocycles. The van der Waals surface area contributed by atoms with E-state index in [0.717, 1.165) is 37.7 Å². The number of hydrogen-bond donors (Lipinski definition) is 1. The largest absolute Gasteiger partial charge is 0.449 e. The number of rotatable bonds is 4. The van der Waals surface area contributed by atoms with Gasteiger partial charge < -0.3 is 10.1 Å². The predicted molar refractivity (Wildman–Crippen MR) is 86.2 cm³/mol. The monoisotopic (exact) mass is 321 g/mol. The molecule has 1 fully saturated rings. The molecule has 1 amide bonds. The molecule has 120 valence electrons. The van der Waals surface area contributed by atoms with E-state index in [-0.39, 0.29) is 17.9 Å². The first-order valence-corrected chi connectivity index (χ1v) is 9.13. The van der Waals surface area contributed by atoms with Gasteiger partial charge in [0.2, 0.25) is 0 Å². The molecule has 0 radical (unpaired) electrons. The fourth-order valence-corrected chi connectivity index (χ4v) is 4.45. The van der Waals surface area contributed by atoms with Crippen molar-refractivity contribution in [2.24, 2.45) is 0 Å². The normalized spacial score (nSPS) is 19.5. The lowest BCUT2D eigenvalue weighted by molar-refractivity contribution is -0.129. The minimum Gasteiger partial charge on any atom is -0.449 e. The Labute approximate surface area is 135 Å². The van der Waals surface area contributed by atoms with E-state index in [1.807, 2.05) is 5.38 Å². The molecule has 3 rings (SSSR count). The van der Waals surface area contributed by atoms with Crippen molar-refractivity contribution in [3.8, 4) is 0 Å². The molecule has 5 heteroatoms. The van der Waals surface area contributed by atoms with Crippen molar-refractivity contribution in [1.29, 1.82) is 0 Å². The maximum Gasteiger partial charge on any atom is 0.340 e. The molecule has 1 aromatic rings. The van der Waals surface area contributed by atoms with Crippen molar-refractivity contribution in [3.63, 3.8) is 0 Å². The minimum absolute atomic E-state index is 0.177. The summed E-state index contributed by atoms with van der Waals surface area (Å²) in [6.45, 7) is 1.65. The van der Waals surface area contributed by atoms with Gasteiger partial charge in [-0.3, -0.25) is 4.79 Å². The topological polar surface area (TPSA) is 55.4 Å².